The van der Waals surface area contributed by atoms with Gasteiger partial charge < -0.3 is 20.1 Å². The summed E-state index contributed by atoms with van der Waals surface area (Å²) in [5.41, 5.74) is 1.54. The van der Waals surface area contributed by atoms with Gasteiger partial charge in [-0.2, -0.15) is 10.1 Å². The van der Waals surface area contributed by atoms with E-state index in [1.54, 1.807) is 30.0 Å². The quantitative estimate of drug-likeness (QED) is 0.399. The van der Waals surface area contributed by atoms with Gasteiger partial charge >= 0.3 is 0 Å². The topological polar surface area (TPSA) is 132 Å². The minimum absolute atomic E-state index is 0.251. The van der Waals surface area contributed by atoms with Crippen molar-refractivity contribution in [1.82, 2.24) is 19.7 Å². The number of ether oxygens (including phenoxy) is 2. The molecular weight excluding hydrogens is 458 g/mol. The number of halogens is 1. The van der Waals surface area contributed by atoms with Gasteiger partial charge in [0, 0.05) is 19.2 Å². The fourth-order valence-electron chi connectivity index (χ4n) is 2.79. The Morgan fingerprint density at radius 3 is 2.62 bits per heavy atom. The average molecular weight is 482 g/mol. The molecule has 0 saturated carbocycles. The predicted molar refractivity (Wildman–Crippen MR) is 124 cm³/mol. The average Bonchev–Trinajstić information content (AvgIpc) is 3.07. The van der Waals surface area contributed by atoms with Crippen LogP contribution in [0.2, 0.25) is 5.02 Å². The summed E-state index contributed by atoms with van der Waals surface area (Å²) in [6, 6.07) is 6.75. The second-order valence-electron chi connectivity index (χ2n) is 6.81. The Hall–Kier alpha value is -3.09. The largest absolute Gasteiger partial charge is 0.497 e. The highest BCUT2D eigenvalue weighted by molar-refractivity contribution is 7.92. The lowest BCUT2D eigenvalue weighted by Gasteiger charge is -2.15. The van der Waals surface area contributed by atoms with Crippen LogP contribution in [0.25, 0.3) is 0 Å². The van der Waals surface area contributed by atoms with E-state index >= 15 is 0 Å². The summed E-state index contributed by atoms with van der Waals surface area (Å²) in [6.45, 7) is 2.93. The Morgan fingerprint density at radius 2 is 1.94 bits per heavy atom. The van der Waals surface area contributed by atoms with Crippen molar-refractivity contribution >= 4 is 50.6 Å². The van der Waals surface area contributed by atoms with Crippen molar-refractivity contribution < 1.29 is 17.9 Å². The molecule has 2 aromatic heterocycles. The molecule has 32 heavy (non-hydrogen) atoms. The van der Waals surface area contributed by atoms with E-state index in [-0.39, 0.29) is 22.5 Å². The molecule has 0 fully saturated rings. The molecular formula is C19H24ClN7O4S. The predicted octanol–water partition coefficient (Wildman–Crippen LogP) is 3.15. The molecule has 0 aliphatic heterocycles. The molecule has 0 bridgehead atoms. The van der Waals surface area contributed by atoms with Gasteiger partial charge in [-0.1, -0.05) is 11.6 Å². The van der Waals surface area contributed by atoms with E-state index in [0.29, 0.717) is 30.4 Å². The van der Waals surface area contributed by atoms with Gasteiger partial charge in [0.25, 0.3) is 0 Å². The second kappa shape index (κ2) is 10.0. The molecule has 13 heteroatoms. The lowest BCUT2D eigenvalue weighted by molar-refractivity contribution is 0.184. The van der Waals surface area contributed by atoms with Gasteiger partial charge in [-0.3, -0.25) is 4.72 Å². The van der Waals surface area contributed by atoms with Crippen molar-refractivity contribution in [2.24, 2.45) is 0 Å². The first kappa shape index (κ1) is 23.6. The molecule has 0 unspecified atom stereocenters. The Labute approximate surface area is 191 Å². The minimum atomic E-state index is -3.53. The number of methoxy groups -OCH3 is 2. The lowest BCUT2D eigenvalue weighted by Crippen LogP contribution is -2.12. The Balaban J connectivity index is 1.89. The van der Waals surface area contributed by atoms with Gasteiger partial charge in [-0.25, -0.2) is 18.1 Å². The van der Waals surface area contributed by atoms with Crippen molar-refractivity contribution in [1.29, 1.82) is 0 Å². The van der Waals surface area contributed by atoms with Crippen molar-refractivity contribution in [3.05, 3.63) is 41.2 Å². The van der Waals surface area contributed by atoms with Crippen molar-refractivity contribution in [3.8, 4) is 5.75 Å². The van der Waals surface area contributed by atoms with E-state index < -0.39 is 10.0 Å². The number of rotatable bonds is 10. The maximum absolute atomic E-state index is 11.8. The molecule has 0 atom stereocenters. The first-order valence-corrected chi connectivity index (χ1v) is 11.7. The number of hydrogen-bond acceptors (Lipinski definition) is 9. The van der Waals surface area contributed by atoms with Gasteiger partial charge in [0.05, 0.1) is 49.8 Å². The number of anilines is 5. The SMILES string of the molecule is COCCn1nc(C)cc1Nc1ncc(Cl)c(Nc2ccc(OC)cc2NS(C)(=O)=O)n1. The van der Waals surface area contributed by atoms with Crippen LogP contribution in [0, 0.1) is 6.92 Å². The monoisotopic (exact) mass is 481 g/mol. The smallest absolute Gasteiger partial charge is 0.230 e. The highest BCUT2D eigenvalue weighted by atomic mass is 35.5. The molecule has 1 aromatic carbocycles. The van der Waals surface area contributed by atoms with Crippen LogP contribution in [0.3, 0.4) is 0 Å². The number of sulfonamides is 1. The molecule has 0 aliphatic carbocycles. The lowest BCUT2D eigenvalue weighted by atomic mass is 10.2. The molecule has 0 saturated heterocycles. The fourth-order valence-corrected chi connectivity index (χ4v) is 3.50. The van der Waals surface area contributed by atoms with Crippen LogP contribution in [0.5, 0.6) is 5.75 Å². The summed E-state index contributed by atoms with van der Waals surface area (Å²) in [4.78, 5) is 8.65. The van der Waals surface area contributed by atoms with Crippen LogP contribution in [0.15, 0.2) is 30.5 Å². The second-order valence-corrected chi connectivity index (χ2v) is 8.97. The molecule has 11 nitrogen and oxygen atoms in total. The minimum Gasteiger partial charge on any atom is -0.497 e. The number of aryl methyl sites for hydroxylation is 1. The van der Waals surface area contributed by atoms with E-state index in [0.717, 1.165) is 11.9 Å². The van der Waals surface area contributed by atoms with E-state index in [9.17, 15) is 8.42 Å². The third kappa shape index (κ3) is 6.22. The number of nitrogens with zero attached hydrogens (tertiary/aromatic N) is 4. The van der Waals surface area contributed by atoms with Crippen molar-refractivity contribution in [2.45, 2.75) is 13.5 Å². The van der Waals surface area contributed by atoms with Crippen LogP contribution in [0.1, 0.15) is 5.69 Å². The van der Waals surface area contributed by atoms with E-state index in [4.69, 9.17) is 21.1 Å². The van der Waals surface area contributed by atoms with Gasteiger partial charge in [0.15, 0.2) is 5.82 Å². The molecule has 0 amide bonds. The molecule has 2 heterocycles. The number of nitrogens with one attached hydrogen (secondary N) is 3. The summed E-state index contributed by atoms with van der Waals surface area (Å²) < 4.78 is 38.1. The third-order valence-corrected chi connectivity index (χ3v) is 5.04. The van der Waals surface area contributed by atoms with Crippen LogP contribution in [-0.4, -0.2) is 55.2 Å². The molecule has 3 aromatic rings. The summed E-state index contributed by atoms with van der Waals surface area (Å²) >= 11 is 6.28. The molecule has 0 aliphatic rings. The van der Waals surface area contributed by atoms with Gasteiger partial charge in [-0.05, 0) is 19.1 Å². The highest BCUT2D eigenvalue weighted by Gasteiger charge is 2.14. The van der Waals surface area contributed by atoms with Crippen molar-refractivity contribution in [2.75, 3.05) is 42.4 Å². The van der Waals surface area contributed by atoms with E-state index in [1.165, 1.54) is 13.3 Å². The molecule has 3 N–H and O–H groups in total. The molecule has 3 rings (SSSR count). The van der Waals surface area contributed by atoms with Crippen LogP contribution in [0.4, 0.5) is 29.0 Å². The summed E-state index contributed by atoms with van der Waals surface area (Å²) in [7, 11) is -0.418. The molecule has 0 spiro atoms. The standard InChI is InChI=1S/C19H24ClN7O4S/c1-12-9-17(27(25-12)7-8-30-2)23-19-21-11-14(20)18(24-19)22-15-6-5-13(31-3)10-16(15)26-32(4,28)29/h5-6,9-11,26H,7-8H2,1-4H3,(H2,21,22,23,24). The van der Waals surface area contributed by atoms with Gasteiger partial charge in [0.1, 0.15) is 16.6 Å². The molecule has 0 radical (unpaired) electrons. The number of aromatic nitrogens is 4. The van der Waals surface area contributed by atoms with Gasteiger partial charge in [0.2, 0.25) is 16.0 Å². The Kier molecular flexibility index (Phi) is 7.38. The first-order chi connectivity index (χ1) is 15.2. The Bertz CT molecular complexity index is 1200. The van der Waals surface area contributed by atoms with Crippen LogP contribution < -0.4 is 20.1 Å². The first-order valence-electron chi connectivity index (χ1n) is 9.44. The van der Waals surface area contributed by atoms with Gasteiger partial charge in [-0.15, -0.1) is 0 Å². The van der Waals surface area contributed by atoms with Crippen molar-refractivity contribution in [3.63, 3.8) is 0 Å². The zero-order chi connectivity index (χ0) is 23.3. The van der Waals surface area contributed by atoms with E-state index in [2.05, 4.69) is 30.4 Å². The number of hydrogen-bond donors (Lipinski definition) is 3. The normalized spacial score (nSPS) is 11.3. The third-order valence-electron chi connectivity index (χ3n) is 4.17. The summed E-state index contributed by atoms with van der Waals surface area (Å²) in [5, 5.41) is 10.8. The summed E-state index contributed by atoms with van der Waals surface area (Å²) in [5.74, 6) is 1.74. The number of benzene rings is 1. The highest BCUT2D eigenvalue weighted by Crippen LogP contribution is 2.32. The van der Waals surface area contributed by atoms with Crippen LogP contribution in [-0.2, 0) is 21.3 Å². The Morgan fingerprint density at radius 1 is 1.16 bits per heavy atom. The zero-order valence-corrected chi connectivity index (χ0v) is 19.6. The summed E-state index contributed by atoms with van der Waals surface area (Å²) in [6.07, 6.45) is 2.50. The van der Waals surface area contributed by atoms with E-state index in [1.807, 2.05) is 13.0 Å². The zero-order valence-electron chi connectivity index (χ0n) is 18.0. The molecule has 172 valence electrons. The van der Waals surface area contributed by atoms with Crippen LogP contribution >= 0.6 is 11.6 Å². The maximum Gasteiger partial charge on any atom is 0.230 e. The fraction of sp³-hybridized carbons (Fsp3) is 0.316. The maximum atomic E-state index is 11.8.